The van der Waals surface area contributed by atoms with Crippen LogP contribution in [0.4, 0.5) is 0 Å². The molecular formula is C14H22N2O. The first-order chi connectivity index (χ1) is 8.33. The Balaban J connectivity index is 2.04. The molecule has 0 amide bonds. The normalized spacial score (nSPS) is 21.6. The maximum absolute atomic E-state index is 5.67. The third kappa shape index (κ3) is 3.28. The van der Waals surface area contributed by atoms with Gasteiger partial charge in [-0.05, 0) is 36.8 Å². The van der Waals surface area contributed by atoms with Crippen molar-refractivity contribution in [2.45, 2.75) is 44.8 Å². The van der Waals surface area contributed by atoms with Gasteiger partial charge in [-0.25, -0.2) is 0 Å². The molecule has 1 aliphatic rings. The molecule has 1 aliphatic heterocycles. The van der Waals surface area contributed by atoms with Gasteiger partial charge in [0.2, 0.25) is 0 Å². The molecule has 94 valence electrons. The van der Waals surface area contributed by atoms with Gasteiger partial charge in [-0.3, -0.25) is 11.3 Å². The van der Waals surface area contributed by atoms with Crippen molar-refractivity contribution in [3.63, 3.8) is 0 Å². The molecule has 1 saturated heterocycles. The number of nitrogens with one attached hydrogen (secondary N) is 1. The first-order valence-corrected chi connectivity index (χ1v) is 6.50. The summed E-state index contributed by atoms with van der Waals surface area (Å²) in [6, 6.07) is 8.83. The van der Waals surface area contributed by atoms with E-state index in [-0.39, 0.29) is 6.04 Å². The third-order valence-electron chi connectivity index (χ3n) is 3.49. The Labute approximate surface area is 103 Å². The van der Waals surface area contributed by atoms with Gasteiger partial charge in [0.25, 0.3) is 0 Å². The molecule has 2 rings (SSSR count). The topological polar surface area (TPSA) is 47.3 Å². The molecule has 3 N–H and O–H groups in total. The molecule has 3 heteroatoms. The molecule has 0 aromatic heterocycles. The maximum atomic E-state index is 5.67. The van der Waals surface area contributed by atoms with E-state index in [1.807, 2.05) is 0 Å². The highest BCUT2D eigenvalue weighted by atomic mass is 16.5. The smallest absolute Gasteiger partial charge is 0.0594 e. The number of rotatable bonds is 5. The van der Waals surface area contributed by atoms with Crippen molar-refractivity contribution in [3.8, 4) is 0 Å². The molecule has 1 aromatic carbocycles. The second-order valence-corrected chi connectivity index (χ2v) is 4.69. The van der Waals surface area contributed by atoms with Crippen LogP contribution in [0.1, 0.15) is 43.4 Å². The van der Waals surface area contributed by atoms with E-state index in [1.54, 1.807) is 0 Å². The zero-order chi connectivity index (χ0) is 12.1. The van der Waals surface area contributed by atoms with E-state index in [2.05, 4.69) is 36.6 Å². The van der Waals surface area contributed by atoms with Crippen molar-refractivity contribution in [1.82, 2.24) is 5.43 Å². The lowest BCUT2D eigenvalue weighted by molar-refractivity contribution is 0.0946. The molecule has 2 atom stereocenters. The van der Waals surface area contributed by atoms with Gasteiger partial charge in [0, 0.05) is 12.6 Å². The fourth-order valence-electron chi connectivity index (χ4n) is 2.42. The van der Waals surface area contributed by atoms with E-state index in [0.717, 1.165) is 25.9 Å². The predicted molar refractivity (Wildman–Crippen MR) is 69.5 cm³/mol. The highest BCUT2D eigenvalue weighted by Gasteiger charge is 2.21. The van der Waals surface area contributed by atoms with Crippen LogP contribution in [0, 0.1) is 0 Å². The Hall–Kier alpha value is -0.900. The summed E-state index contributed by atoms with van der Waals surface area (Å²) in [6.07, 6.45) is 4.72. The quantitative estimate of drug-likeness (QED) is 0.607. The van der Waals surface area contributed by atoms with E-state index < -0.39 is 0 Å². The van der Waals surface area contributed by atoms with Gasteiger partial charge < -0.3 is 4.74 Å². The zero-order valence-electron chi connectivity index (χ0n) is 10.5. The van der Waals surface area contributed by atoms with Crippen LogP contribution < -0.4 is 11.3 Å². The Bertz CT molecular complexity index is 348. The number of hydrogen-bond donors (Lipinski definition) is 2. The van der Waals surface area contributed by atoms with Gasteiger partial charge in [0.1, 0.15) is 0 Å². The molecule has 0 radical (unpaired) electrons. The van der Waals surface area contributed by atoms with Gasteiger partial charge in [-0.15, -0.1) is 0 Å². The summed E-state index contributed by atoms with van der Waals surface area (Å²) in [5.41, 5.74) is 5.54. The number of aryl methyl sites for hydroxylation is 1. The first kappa shape index (κ1) is 12.6. The molecular weight excluding hydrogens is 212 g/mol. The molecule has 2 unspecified atom stereocenters. The molecule has 0 spiro atoms. The van der Waals surface area contributed by atoms with Crippen molar-refractivity contribution >= 4 is 0 Å². The van der Waals surface area contributed by atoms with Gasteiger partial charge in [-0.2, -0.15) is 0 Å². The fraction of sp³-hybridized carbons (Fsp3) is 0.571. The van der Waals surface area contributed by atoms with Crippen molar-refractivity contribution < 1.29 is 4.74 Å². The molecule has 17 heavy (non-hydrogen) atoms. The van der Waals surface area contributed by atoms with Crippen LogP contribution in [0.15, 0.2) is 24.3 Å². The molecule has 0 saturated carbocycles. The summed E-state index contributed by atoms with van der Waals surface area (Å²) in [5.74, 6) is 5.67. The van der Waals surface area contributed by atoms with Crippen molar-refractivity contribution in [2.24, 2.45) is 5.84 Å². The van der Waals surface area contributed by atoms with E-state index >= 15 is 0 Å². The van der Waals surface area contributed by atoms with Crippen LogP contribution >= 0.6 is 0 Å². The van der Waals surface area contributed by atoms with Gasteiger partial charge >= 0.3 is 0 Å². The third-order valence-corrected chi connectivity index (χ3v) is 3.49. The zero-order valence-corrected chi connectivity index (χ0v) is 10.5. The summed E-state index contributed by atoms with van der Waals surface area (Å²) in [5, 5.41) is 0. The van der Waals surface area contributed by atoms with E-state index in [0.29, 0.717) is 6.10 Å². The fourth-order valence-corrected chi connectivity index (χ4v) is 2.42. The second-order valence-electron chi connectivity index (χ2n) is 4.69. The summed E-state index contributed by atoms with van der Waals surface area (Å²) < 4.78 is 5.67. The highest BCUT2D eigenvalue weighted by Crippen LogP contribution is 2.25. The average molecular weight is 234 g/mol. The monoisotopic (exact) mass is 234 g/mol. The van der Waals surface area contributed by atoms with Crippen LogP contribution in [-0.2, 0) is 11.2 Å². The highest BCUT2D eigenvalue weighted by molar-refractivity contribution is 5.26. The molecule has 0 aliphatic carbocycles. The van der Waals surface area contributed by atoms with Crippen LogP contribution in [-0.4, -0.2) is 12.7 Å². The van der Waals surface area contributed by atoms with Crippen LogP contribution in [0.5, 0.6) is 0 Å². The van der Waals surface area contributed by atoms with Crippen LogP contribution in [0.25, 0.3) is 0 Å². The Morgan fingerprint density at radius 3 is 3.06 bits per heavy atom. The lowest BCUT2D eigenvalue weighted by atomic mass is 9.97. The Morgan fingerprint density at radius 2 is 2.41 bits per heavy atom. The number of nitrogens with two attached hydrogens (primary N) is 1. The van der Waals surface area contributed by atoms with Crippen LogP contribution in [0.3, 0.4) is 0 Å². The molecule has 1 heterocycles. The lowest BCUT2D eigenvalue weighted by Gasteiger charge is -2.20. The number of benzene rings is 1. The Kier molecular flexibility index (Phi) is 4.54. The first-order valence-electron chi connectivity index (χ1n) is 6.50. The van der Waals surface area contributed by atoms with E-state index in [1.165, 1.54) is 17.5 Å². The van der Waals surface area contributed by atoms with Gasteiger partial charge in [-0.1, -0.05) is 31.2 Å². The van der Waals surface area contributed by atoms with Crippen molar-refractivity contribution in [3.05, 3.63) is 35.4 Å². The summed E-state index contributed by atoms with van der Waals surface area (Å²) in [6.45, 7) is 3.07. The number of hydrogen-bond acceptors (Lipinski definition) is 3. The number of ether oxygens (including phenoxy) is 1. The standard InChI is InChI=1S/C14H22N2O/c1-2-11-5-3-6-12(9-11)14(16-15)10-13-7-4-8-17-13/h3,5-6,9,13-14,16H,2,4,7-8,10,15H2,1H3. The SMILES string of the molecule is CCc1cccc(C(CC2CCCO2)NN)c1. The minimum atomic E-state index is 0.199. The molecule has 0 bridgehead atoms. The molecule has 3 nitrogen and oxygen atoms in total. The van der Waals surface area contributed by atoms with Crippen molar-refractivity contribution in [2.75, 3.05) is 6.61 Å². The molecule has 1 aromatic rings. The minimum absolute atomic E-state index is 0.199. The van der Waals surface area contributed by atoms with Crippen LogP contribution in [0.2, 0.25) is 0 Å². The molecule has 1 fully saturated rings. The second kappa shape index (κ2) is 6.15. The summed E-state index contributed by atoms with van der Waals surface area (Å²) in [7, 11) is 0. The largest absolute Gasteiger partial charge is 0.378 e. The summed E-state index contributed by atoms with van der Waals surface area (Å²) in [4.78, 5) is 0. The minimum Gasteiger partial charge on any atom is -0.378 e. The predicted octanol–water partition coefficient (Wildman–Crippen LogP) is 2.32. The lowest BCUT2D eigenvalue weighted by Crippen LogP contribution is -2.30. The average Bonchev–Trinajstić information content (AvgIpc) is 2.89. The van der Waals surface area contributed by atoms with E-state index in [9.17, 15) is 0 Å². The van der Waals surface area contributed by atoms with E-state index in [4.69, 9.17) is 10.6 Å². The van der Waals surface area contributed by atoms with Gasteiger partial charge in [0.15, 0.2) is 0 Å². The Morgan fingerprint density at radius 1 is 1.53 bits per heavy atom. The number of hydrazine groups is 1. The van der Waals surface area contributed by atoms with Crippen molar-refractivity contribution in [1.29, 1.82) is 0 Å². The summed E-state index contributed by atoms with van der Waals surface area (Å²) >= 11 is 0. The maximum Gasteiger partial charge on any atom is 0.0594 e. The van der Waals surface area contributed by atoms with Gasteiger partial charge in [0.05, 0.1) is 6.10 Å².